The third-order valence-electron chi connectivity index (χ3n) is 3.92. The van der Waals surface area contributed by atoms with Crippen molar-refractivity contribution in [3.8, 4) is 0 Å². The van der Waals surface area contributed by atoms with Crippen LogP contribution >= 0.6 is 0 Å². The minimum atomic E-state index is -0.266. The Hall–Kier alpha value is -1.46. The molecule has 1 aliphatic heterocycles. The summed E-state index contributed by atoms with van der Waals surface area (Å²) < 4.78 is 12.8. The summed E-state index contributed by atoms with van der Waals surface area (Å²) in [5.41, 5.74) is 6.36. The van der Waals surface area contributed by atoms with E-state index in [1.165, 1.54) is 12.1 Å². The number of carbonyl (C=O) groups excluding carboxylic acids is 1. The second-order valence-corrected chi connectivity index (χ2v) is 5.52. The third kappa shape index (κ3) is 5.10. The fourth-order valence-corrected chi connectivity index (χ4v) is 2.59. The first-order chi connectivity index (χ1) is 10.2. The highest BCUT2D eigenvalue weighted by Gasteiger charge is 2.20. The maximum absolute atomic E-state index is 12.8. The molecule has 4 nitrogen and oxygen atoms in total. The summed E-state index contributed by atoms with van der Waals surface area (Å²) in [7, 11) is 0. The number of rotatable bonds is 6. The van der Waals surface area contributed by atoms with E-state index in [9.17, 15) is 9.18 Å². The summed E-state index contributed by atoms with van der Waals surface area (Å²) in [5.74, 6) is -0.138. The third-order valence-corrected chi connectivity index (χ3v) is 3.92. The number of hydrogen-bond acceptors (Lipinski definition) is 3. The van der Waals surface area contributed by atoms with Crippen LogP contribution in [0, 0.1) is 5.82 Å². The number of nitrogens with two attached hydrogens (primary N) is 1. The summed E-state index contributed by atoms with van der Waals surface area (Å²) in [6, 6.07) is 6.16. The highest BCUT2D eigenvalue weighted by atomic mass is 19.1. The number of carbonyl (C=O) groups is 1. The zero-order valence-electron chi connectivity index (χ0n) is 12.4. The maximum Gasteiger partial charge on any atom is 0.227 e. The Morgan fingerprint density at radius 1 is 1.10 bits per heavy atom. The fourth-order valence-electron chi connectivity index (χ4n) is 2.59. The van der Waals surface area contributed by atoms with Crippen molar-refractivity contribution in [1.82, 2.24) is 9.80 Å². The Morgan fingerprint density at radius 2 is 1.76 bits per heavy atom. The molecule has 21 heavy (non-hydrogen) atoms. The molecule has 1 aliphatic rings. The van der Waals surface area contributed by atoms with Crippen LogP contribution < -0.4 is 5.73 Å². The molecule has 0 atom stereocenters. The van der Waals surface area contributed by atoms with E-state index in [0.717, 1.165) is 57.7 Å². The molecule has 1 heterocycles. The van der Waals surface area contributed by atoms with Crippen LogP contribution in [0.2, 0.25) is 0 Å². The van der Waals surface area contributed by atoms with E-state index in [2.05, 4.69) is 4.90 Å². The van der Waals surface area contributed by atoms with Gasteiger partial charge in [0.1, 0.15) is 5.82 Å². The quantitative estimate of drug-likeness (QED) is 0.803. The smallest absolute Gasteiger partial charge is 0.227 e. The van der Waals surface area contributed by atoms with Gasteiger partial charge in [0.2, 0.25) is 5.91 Å². The van der Waals surface area contributed by atoms with Crippen LogP contribution in [-0.2, 0) is 11.2 Å². The highest BCUT2D eigenvalue weighted by molar-refractivity contribution is 5.78. The van der Waals surface area contributed by atoms with Crippen molar-refractivity contribution < 1.29 is 9.18 Å². The summed E-state index contributed by atoms with van der Waals surface area (Å²) in [6.07, 6.45) is 2.54. The zero-order valence-corrected chi connectivity index (χ0v) is 12.4. The van der Waals surface area contributed by atoms with E-state index in [0.29, 0.717) is 6.42 Å². The topological polar surface area (TPSA) is 49.6 Å². The lowest BCUT2D eigenvalue weighted by atomic mass is 10.1. The largest absolute Gasteiger partial charge is 0.340 e. The first kappa shape index (κ1) is 15.9. The van der Waals surface area contributed by atoms with Crippen molar-refractivity contribution in [2.75, 3.05) is 39.3 Å². The van der Waals surface area contributed by atoms with E-state index in [4.69, 9.17) is 5.73 Å². The average molecular weight is 293 g/mol. The van der Waals surface area contributed by atoms with Gasteiger partial charge in [0.15, 0.2) is 0 Å². The predicted octanol–water partition coefficient (Wildman–Crippen LogP) is 1.25. The van der Waals surface area contributed by atoms with Crippen molar-refractivity contribution >= 4 is 5.91 Å². The van der Waals surface area contributed by atoms with Gasteiger partial charge < -0.3 is 10.6 Å². The maximum atomic E-state index is 12.8. The van der Waals surface area contributed by atoms with Gasteiger partial charge in [-0.25, -0.2) is 4.39 Å². The molecule has 2 N–H and O–H groups in total. The molecule has 0 bridgehead atoms. The molecule has 1 aromatic carbocycles. The molecule has 1 amide bonds. The molecule has 0 aliphatic carbocycles. The lowest BCUT2D eigenvalue weighted by molar-refractivity contribution is -0.132. The Morgan fingerprint density at radius 3 is 2.38 bits per heavy atom. The lowest BCUT2D eigenvalue weighted by Crippen LogP contribution is -2.49. The highest BCUT2D eigenvalue weighted by Crippen LogP contribution is 2.08. The molecule has 2 rings (SSSR count). The van der Waals surface area contributed by atoms with Crippen LogP contribution in [0.15, 0.2) is 24.3 Å². The summed E-state index contributed by atoms with van der Waals surface area (Å²) in [5, 5.41) is 0. The van der Waals surface area contributed by atoms with Crippen LogP contribution in [-0.4, -0.2) is 55.0 Å². The molecule has 0 saturated carbocycles. The van der Waals surface area contributed by atoms with Crippen molar-refractivity contribution in [2.24, 2.45) is 5.73 Å². The molecule has 1 fully saturated rings. The van der Waals surface area contributed by atoms with Gasteiger partial charge in [0.05, 0.1) is 6.42 Å². The number of amides is 1. The Bertz CT molecular complexity index is 441. The van der Waals surface area contributed by atoms with Crippen LogP contribution in [0.1, 0.15) is 18.4 Å². The van der Waals surface area contributed by atoms with Gasteiger partial charge in [-0.05, 0) is 43.6 Å². The van der Waals surface area contributed by atoms with Gasteiger partial charge in [-0.15, -0.1) is 0 Å². The number of piperazine rings is 1. The number of unbranched alkanes of at least 4 members (excludes halogenated alkanes) is 1. The molecule has 1 saturated heterocycles. The van der Waals surface area contributed by atoms with E-state index in [1.54, 1.807) is 12.1 Å². The van der Waals surface area contributed by atoms with Gasteiger partial charge >= 0.3 is 0 Å². The van der Waals surface area contributed by atoms with Gasteiger partial charge in [0, 0.05) is 26.2 Å². The minimum Gasteiger partial charge on any atom is -0.340 e. The molecule has 0 aromatic heterocycles. The molecule has 0 spiro atoms. The SMILES string of the molecule is NCCCCN1CCN(C(=O)Cc2ccc(F)cc2)CC1. The van der Waals surface area contributed by atoms with Crippen molar-refractivity contribution in [2.45, 2.75) is 19.3 Å². The standard InChI is InChI=1S/C16H24FN3O/c17-15-5-3-14(4-6-15)13-16(21)20-11-9-19(10-12-20)8-2-1-7-18/h3-6H,1-2,7-13,18H2. The average Bonchev–Trinajstić information content (AvgIpc) is 2.50. The molecular weight excluding hydrogens is 269 g/mol. The predicted molar refractivity (Wildman–Crippen MR) is 81.4 cm³/mol. The number of nitrogens with zero attached hydrogens (tertiary/aromatic N) is 2. The van der Waals surface area contributed by atoms with Gasteiger partial charge in [-0.3, -0.25) is 9.69 Å². The second kappa shape index (κ2) is 8.10. The first-order valence-electron chi connectivity index (χ1n) is 7.63. The number of hydrogen-bond donors (Lipinski definition) is 1. The van der Waals surface area contributed by atoms with Crippen LogP contribution in [0.25, 0.3) is 0 Å². The Labute approximate surface area is 125 Å². The van der Waals surface area contributed by atoms with Gasteiger partial charge in [-0.1, -0.05) is 12.1 Å². The van der Waals surface area contributed by atoms with Gasteiger partial charge in [0.25, 0.3) is 0 Å². The number of halogens is 1. The van der Waals surface area contributed by atoms with Crippen LogP contribution in [0.3, 0.4) is 0 Å². The lowest BCUT2D eigenvalue weighted by Gasteiger charge is -2.34. The molecule has 5 heteroatoms. The summed E-state index contributed by atoms with van der Waals surface area (Å²) in [4.78, 5) is 16.5. The molecule has 116 valence electrons. The van der Waals surface area contributed by atoms with Crippen LogP contribution in [0.4, 0.5) is 4.39 Å². The van der Waals surface area contributed by atoms with Crippen molar-refractivity contribution in [3.63, 3.8) is 0 Å². The van der Waals surface area contributed by atoms with Crippen LogP contribution in [0.5, 0.6) is 0 Å². The minimum absolute atomic E-state index is 0.128. The first-order valence-corrected chi connectivity index (χ1v) is 7.63. The molecular formula is C16H24FN3O. The number of benzene rings is 1. The van der Waals surface area contributed by atoms with E-state index in [1.807, 2.05) is 4.90 Å². The van der Waals surface area contributed by atoms with E-state index < -0.39 is 0 Å². The Kier molecular flexibility index (Phi) is 6.14. The van der Waals surface area contributed by atoms with E-state index >= 15 is 0 Å². The summed E-state index contributed by atoms with van der Waals surface area (Å²) >= 11 is 0. The van der Waals surface area contributed by atoms with Crippen molar-refractivity contribution in [3.05, 3.63) is 35.6 Å². The fraction of sp³-hybridized carbons (Fsp3) is 0.562. The molecule has 0 unspecified atom stereocenters. The van der Waals surface area contributed by atoms with Crippen molar-refractivity contribution in [1.29, 1.82) is 0 Å². The normalized spacial score (nSPS) is 16.2. The monoisotopic (exact) mass is 293 g/mol. The van der Waals surface area contributed by atoms with Gasteiger partial charge in [-0.2, -0.15) is 0 Å². The summed E-state index contributed by atoms with van der Waals surface area (Å²) in [6.45, 7) is 5.23. The van der Waals surface area contributed by atoms with E-state index in [-0.39, 0.29) is 11.7 Å². The molecule has 1 aromatic rings. The Balaban J connectivity index is 1.74. The second-order valence-electron chi connectivity index (χ2n) is 5.52. The zero-order chi connectivity index (χ0) is 15.1. The molecule has 0 radical (unpaired) electrons.